The third-order valence-corrected chi connectivity index (χ3v) is 5.68. The van der Waals surface area contributed by atoms with Crippen molar-refractivity contribution < 1.29 is 23.9 Å². The number of nitrogens with zero attached hydrogens (tertiary/aromatic N) is 2. The summed E-state index contributed by atoms with van der Waals surface area (Å²) in [5.74, 6) is 0.0100. The highest BCUT2D eigenvalue weighted by Gasteiger charge is 2.30. The number of carbonyl (C=O) groups excluding carboxylic acids is 3. The SMILES string of the molecule is CCOC(=O)C1CCCN(C(=O)c2ccc(CN3C(=O)COc4ccccc43)cc2)C1. The van der Waals surface area contributed by atoms with Crippen LogP contribution in [0.1, 0.15) is 35.7 Å². The van der Waals surface area contributed by atoms with Crippen molar-refractivity contribution >= 4 is 23.5 Å². The van der Waals surface area contributed by atoms with Gasteiger partial charge in [0.1, 0.15) is 5.75 Å². The Labute approximate surface area is 181 Å². The summed E-state index contributed by atoms with van der Waals surface area (Å²) in [6.45, 7) is 3.58. The predicted octanol–water partition coefficient (Wildman–Crippen LogP) is 3.03. The van der Waals surface area contributed by atoms with Crippen LogP contribution >= 0.6 is 0 Å². The molecule has 2 aliphatic heterocycles. The van der Waals surface area contributed by atoms with Crippen molar-refractivity contribution in [3.8, 4) is 5.75 Å². The molecule has 1 fully saturated rings. The largest absolute Gasteiger partial charge is 0.482 e. The van der Waals surface area contributed by atoms with Gasteiger partial charge in [-0.15, -0.1) is 0 Å². The summed E-state index contributed by atoms with van der Waals surface area (Å²) in [6.07, 6.45) is 1.53. The maximum absolute atomic E-state index is 12.9. The lowest BCUT2D eigenvalue weighted by molar-refractivity contribution is -0.149. The van der Waals surface area contributed by atoms with E-state index in [1.165, 1.54) is 0 Å². The van der Waals surface area contributed by atoms with E-state index in [1.807, 2.05) is 36.4 Å². The van der Waals surface area contributed by atoms with Crippen LogP contribution in [-0.4, -0.2) is 49.0 Å². The normalized spacial score (nSPS) is 18.2. The van der Waals surface area contributed by atoms with Gasteiger partial charge in [0.15, 0.2) is 6.61 Å². The molecule has 0 spiro atoms. The molecular formula is C24H26N2O5. The Kier molecular flexibility index (Phi) is 6.21. The van der Waals surface area contributed by atoms with Crippen molar-refractivity contribution in [2.75, 3.05) is 31.2 Å². The molecule has 0 bridgehead atoms. The average molecular weight is 422 g/mol. The highest BCUT2D eigenvalue weighted by atomic mass is 16.5. The fraction of sp³-hybridized carbons (Fsp3) is 0.375. The van der Waals surface area contributed by atoms with E-state index in [-0.39, 0.29) is 30.3 Å². The van der Waals surface area contributed by atoms with Gasteiger partial charge >= 0.3 is 5.97 Å². The van der Waals surface area contributed by atoms with Crippen LogP contribution in [0.25, 0.3) is 0 Å². The van der Waals surface area contributed by atoms with Crippen molar-refractivity contribution in [3.63, 3.8) is 0 Å². The molecule has 0 aliphatic carbocycles. The molecule has 2 amide bonds. The summed E-state index contributed by atoms with van der Waals surface area (Å²) in [5, 5.41) is 0. The van der Waals surface area contributed by atoms with Crippen LogP contribution < -0.4 is 9.64 Å². The molecule has 1 atom stereocenters. The van der Waals surface area contributed by atoms with E-state index in [2.05, 4.69) is 0 Å². The molecule has 2 aliphatic rings. The monoisotopic (exact) mass is 422 g/mol. The number of piperidine rings is 1. The lowest BCUT2D eigenvalue weighted by Gasteiger charge is -2.31. The number of rotatable bonds is 5. The predicted molar refractivity (Wildman–Crippen MR) is 115 cm³/mol. The van der Waals surface area contributed by atoms with Gasteiger partial charge in [-0.05, 0) is 49.6 Å². The maximum Gasteiger partial charge on any atom is 0.310 e. The quantitative estimate of drug-likeness (QED) is 0.693. The molecule has 0 aromatic heterocycles. The zero-order valence-corrected chi connectivity index (χ0v) is 17.6. The first-order chi connectivity index (χ1) is 15.1. The first-order valence-corrected chi connectivity index (χ1v) is 10.6. The number of likely N-dealkylation sites (tertiary alicyclic amines) is 1. The van der Waals surface area contributed by atoms with Gasteiger partial charge in [-0.2, -0.15) is 0 Å². The Bertz CT molecular complexity index is 972. The van der Waals surface area contributed by atoms with Gasteiger partial charge in [0.05, 0.1) is 24.8 Å². The lowest BCUT2D eigenvalue weighted by atomic mass is 9.97. The molecule has 2 aromatic carbocycles. The van der Waals surface area contributed by atoms with Gasteiger partial charge in [0.25, 0.3) is 11.8 Å². The maximum atomic E-state index is 12.9. The summed E-state index contributed by atoms with van der Waals surface area (Å²) >= 11 is 0. The van der Waals surface area contributed by atoms with E-state index in [4.69, 9.17) is 9.47 Å². The zero-order chi connectivity index (χ0) is 21.8. The van der Waals surface area contributed by atoms with Crippen LogP contribution in [0.5, 0.6) is 5.75 Å². The third-order valence-electron chi connectivity index (χ3n) is 5.68. The summed E-state index contributed by atoms with van der Waals surface area (Å²) in [4.78, 5) is 40.8. The summed E-state index contributed by atoms with van der Waals surface area (Å²) in [6, 6.07) is 14.7. The second-order valence-corrected chi connectivity index (χ2v) is 7.78. The van der Waals surface area contributed by atoms with Crippen LogP contribution in [-0.2, 0) is 20.9 Å². The van der Waals surface area contributed by atoms with Crippen LogP contribution in [0.2, 0.25) is 0 Å². The summed E-state index contributed by atoms with van der Waals surface area (Å²) < 4.78 is 10.6. The van der Waals surface area contributed by atoms with Gasteiger partial charge < -0.3 is 19.3 Å². The summed E-state index contributed by atoms with van der Waals surface area (Å²) in [5.41, 5.74) is 2.24. The number of amides is 2. The highest BCUT2D eigenvalue weighted by molar-refractivity contribution is 5.98. The van der Waals surface area contributed by atoms with Crippen LogP contribution in [0.4, 0.5) is 5.69 Å². The summed E-state index contributed by atoms with van der Waals surface area (Å²) in [7, 11) is 0. The second kappa shape index (κ2) is 9.20. The Hall–Kier alpha value is -3.35. The Balaban J connectivity index is 1.43. The number of anilines is 1. The lowest BCUT2D eigenvalue weighted by Crippen LogP contribution is -2.42. The van der Waals surface area contributed by atoms with Gasteiger partial charge in [-0.1, -0.05) is 24.3 Å². The van der Waals surface area contributed by atoms with E-state index in [1.54, 1.807) is 28.9 Å². The smallest absolute Gasteiger partial charge is 0.310 e. The third kappa shape index (κ3) is 4.55. The molecule has 4 rings (SSSR count). The fourth-order valence-electron chi connectivity index (χ4n) is 4.06. The van der Waals surface area contributed by atoms with Gasteiger partial charge in [0.2, 0.25) is 0 Å². The Morgan fingerprint density at radius 3 is 2.68 bits per heavy atom. The number of hydrogen-bond donors (Lipinski definition) is 0. The number of benzene rings is 2. The molecule has 7 nitrogen and oxygen atoms in total. The zero-order valence-electron chi connectivity index (χ0n) is 17.6. The number of para-hydroxylation sites is 2. The van der Waals surface area contributed by atoms with E-state index < -0.39 is 0 Å². The molecular weight excluding hydrogens is 396 g/mol. The number of esters is 1. The number of hydrogen-bond acceptors (Lipinski definition) is 5. The molecule has 1 saturated heterocycles. The standard InChI is InChI=1S/C24H26N2O5/c1-2-30-24(29)19-6-5-13-25(15-19)23(28)18-11-9-17(10-12-18)14-26-20-7-3-4-8-21(20)31-16-22(26)27/h3-4,7-12,19H,2,5-6,13-16H2,1H3. The first kappa shape index (κ1) is 20.9. The molecule has 0 saturated carbocycles. The van der Waals surface area contributed by atoms with Crippen LogP contribution in [0.3, 0.4) is 0 Å². The van der Waals surface area contributed by atoms with E-state index in [0.29, 0.717) is 37.6 Å². The molecule has 31 heavy (non-hydrogen) atoms. The van der Waals surface area contributed by atoms with Crippen molar-refractivity contribution in [2.45, 2.75) is 26.3 Å². The minimum Gasteiger partial charge on any atom is -0.482 e. The molecule has 2 aromatic rings. The number of fused-ring (bicyclic) bond motifs is 1. The molecule has 162 valence electrons. The van der Waals surface area contributed by atoms with Gasteiger partial charge in [0, 0.05) is 18.7 Å². The van der Waals surface area contributed by atoms with Crippen LogP contribution in [0, 0.1) is 5.92 Å². The second-order valence-electron chi connectivity index (χ2n) is 7.78. The Morgan fingerprint density at radius 1 is 1.13 bits per heavy atom. The van der Waals surface area contributed by atoms with E-state index in [9.17, 15) is 14.4 Å². The van der Waals surface area contributed by atoms with Crippen molar-refractivity contribution in [3.05, 3.63) is 59.7 Å². The van der Waals surface area contributed by atoms with Crippen molar-refractivity contribution in [2.24, 2.45) is 5.92 Å². The first-order valence-electron chi connectivity index (χ1n) is 10.6. The van der Waals surface area contributed by atoms with Gasteiger partial charge in [-0.3, -0.25) is 14.4 Å². The van der Waals surface area contributed by atoms with E-state index in [0.717, 1.165) is 24.1 Å². The van der Waals surface area contributed by atoms with Crippen molar-refractivity contribution in [1.29, 1.82) is 0 Å². The Morgan fingerprint density at radius 2 is 1.90 bits per heavy atom. The molecule has 2 heterocycles. The molecule has 0 N–H and O–H groups in total. The molecule has 1 unspecified atom stereocenters. The average Bonchev–Trinajstić information content (AvgIpc) is 2.81. The minimum absolute atomic E-state index is 0.0180. The van der Waals surface area contributed by atoms with Crippen molar-refractivity contribution in [1.82, 2.24) is 4.90 Å². The number of ether oxygens (including phenoxy) is 2. The minimum atomic E-state index is -0.260. The molecule has 0 radical (unpaired) electrons. The fourth-order valence-corrected chi connectivity index (χ4v) is 4.06. The van der Waals surface area contributed by atoms with Crippen LogP contribution in [0.15, 0.2) is 48.5 Å². The van der Waals surface area contributed by atoms with Gasteiger partial charge in [-0.25, -0.2) is 0 Å². The highest BCUT2D eigenvalue weighted by Crippen LogP contribution is 2.32. The number of carbonyl (C=O) groups is 3. The van der Waals surface area contributed by atoms with E-state index >= 15 is 0 Å². The topological polar surface area (TPSA) is 76.2 Å². The molecule has 7 heteroatoms.